The van der Waals surface area contributed by atoms with Crippen LogP contribution in [0.4, 0.5) is 8.78 Å². The number of rotatable bonds is 3. The Balaban J connectivity index is 2.17. The van der Waals surface area contributed by atoms with E-state index in [1.807, 2.05) is 0 Å². The summed E-state index contributed by atoms with van der Waals surface area (Å²) in [7, 11) is 0. The van der Waals surface area contributed by atoms with Gasteiger partial charge in [-0.05, 0) is 12.8 Å². The number of hydrogen-bond acceptors (Lipinski definition) is 4. The van der Waals surface area contributed by atoms with Gasteiger partial charge in [-0.15, -0.1) is 0 Å². The van der Waals surface area contributed by atoms with Gasteiger partial charge in [0.25, 0.3) is 5.91 Å². The second-order valence-electron chi connectivity index (χ2n) is 5.18. The summed E-state index contributed by atoms with van der Waals surface area (Å²) in [5, 5.41) is 10.3. The molecule has 1 aliphatic heterocycles. The molecule has 8 heteroatoms. The maximum Gasteiger partial charge on any atom is 0.275 e. The fourth-order valence-corrected chi connectivity index (χ4v) is 2.48. The molecular weight excluding hydrogens is 284 g/mol. The Morgan fingerprint density at radius 1 is 1.48 bits per heavy atom. The van der Waals surface area contributed by atoms with Crippen LogP contribution in [0.2, 0.25) is 0 Å². The first kappa shape index (κ1) is 15.3. The smallest absolute Gasteiger partial charge is 0.275 e. The van der Waals surface area contributed by atoms with Gasteiger partial charge >= 0.3 is 0 Å². The lowest BCUT2D eigenvalue weighted by Gasteiger charge is -2.38. The summed E-state index contributed by atoms with van der Waals surface area (Å²) >= 11 is 0. The molecule has 1 aromatic heterocycles. The molecule has 1 aliphatic rings. The van der Waals surface area contributed by atoms with E-state index in [2.05, 4.69) is 4.98 Å². The summed E-state index contributed by atoms with van der Waals surface area (Å²) in [5.41, 5.74) is 3.13. The topological polar surface area (TPSA) is 96.5 Å². The van der Waals surface area contributed by atoms with Crippen molar-refractivity contribution in [3.05, 3.63) is 29.6 Å². The molecule has 0 radical (unpaired) electrons. The Morgan fingerprint density at radius 3 is 2.81 bits per heavy atom. The van der Waals surface area contributed by atoms with Gasteiger partial charge in [0, 0.05) is 12.6 Å². The third kappa shape index (κ3) is 3.52. The molecule has 1 unspecified atom stereocenters. The number of halogens is 2. The monoisotopic (exact) mass is 299 g/mol. The second kappa shape index (κ2) is 5.72. The highest BCUT2D eigenvalue weighted by Crippen LogP contribution is 2.25. The van der Waals surface area contributed by atoms with Crippen LogP contribution in [0.15, 0.2) is 12.3 Å². The number of aliphatic hydroxyl groups is 1. The molecule has 1 atom stereocenters. The van der Waals surface area contributed by atoms with Crippen LogP contribution < -0.4 is 5.73 Å². The molecule has 1 fully saturated rings. The second-order valence-corrected chi connectivity index (χ2v) is 5.18. The van der Waals surface area contributed by atoms with Crippen molar-refractivity contribution in [2.24, 2.45) is 5.73 Å². The summed E-state index contributed by atoms with van der Waals surface area (Å²) in [6.45, 7) is 0.145. The first-order chi connectivity index (χ1) is 9.81. The number of likely N-dealkylation sites (tertiary alicyclic amines) is 1. The molecule has 2 heterocycles. The summed E-state index contributed by atoms with van der Waals surface area (Å²) < 4.78 is 26.4. The maximum absolute atomic E-state index is 13.6. The van der Waals surface area contributed by atoms with Gasteiger partial charge in [0.05, 0.1) is 24.8 Å². The summed E-state index contributed by atoms with van der Waals surface area (Å²) in [6.07, 6.45) is 1.23. The standard InChI is InChI=1S/C13H15F2N3O3/c14-8-4-9(15)11(17-6-8)12(20)18-3-1-2-13(21,7-18)5-10(16)19/h4,6,21H,1-3,5,7H2,(H2,16,19). The molecule has 114 valence electrons. The van der Waals surface area contributed by atoms with Gasteiger partial charge in [0.1, 0.15) is 5.82 Å². The van der Waals surface area contributed by atoms with E-state index in [-0.39, 0.29) is 13.0 Å². The van der Waals surface area contributed by atoms with Crippen LogP contribution in [0, 0.1) is 11.6 Å². The third-order valence-corrected chi connectivity index (χ3v) is 3.36. The van der Waals surface area contributed by atoms with E-state index in [0.717, 1.165) is 6.20 Å². The van der Waals surface area contributed by atoms with Crippen molar-refractivity contribution in [1.82, 2.24) is 9.88 Å². The van der Waals surface area contributed by atoms with E-state index in [0.29, 0.717) is 25.5 Å². The van der Waals surface area contributed by atoms with Gasteiger partial charge in [0.2, 0.25) is 5.91 Å². The van der Waals surface area contributed by atoms with Crippen LogP contribution in [-0.2, 0) is 4.79 Å². The van der Waals surface area contributed by atoms with Crippen molar-refractivity contribution in [3.8, 4) is 0 Å². The minimum Gasteiger partial charge on any atom is -0.388 e. The molecule has 1 saturated heterocycles. The van der Waals surface area contributed by atoms with Crippen molar-refractivity contribution in [1.29, 1.82) is 0 Å². The lowest BCUT2D eigenvalue weighted by molar-refractivity contribution is -0.125. The van der Waals surface area contributed by atoms with Gasteiger partial charge in [-0.2, -0.15) is 0 Å². The Hall–Kier alpha value is -2.09. The van der Waals surface area contributed by atoms with Gasteiger partial charge < -0.3 is 15.7 Å². The first-order valence-corrected chi connectivity index (χ1v) is 6.42. The molecule has 1 aromatic rings. The van der Waals surface area contributed by atoms with Crippen molar-refractivity contribution in [2.45, 2.75) is 24.9 Å². The first-order valence-electron chi connectivity index (χ1n) is 6.42. The maximum atomic E-state index is 13.6. The molecule has 0 saturated carbocycles. The molecule has 3 N–H and O–H groups in total. The van der Waals surface area contributed by atoms with E-state index >= 15 is 0 Å². The quantitative estimate of drug-likeness (QED) is 0.833. The van der Waals surface area contributed by atoms with Crippen LogP contribution in [0.1, 0.15) is 29.8 Å². The average molecular weight is 299 g/mol. The Labute approximate surface area is 119 Å². The molecule has 6 nitrogen and oxygen atoms in total. The Bertz CT molecular complexity index is 582. The number of nitrogens with zero attached hydrogens (tertiary/aromatic N) is 2. The number of pyridine rings is 1. The molecular formula is C13H15F2N3O3. The van der Waals surface area contributed by atoms with Crippen LogP contribution in [0.5, 0.6) is 0 Å². The summed E-state index contributed by atoms with van der Waals surface area (Å²) in [6, 6.07) is 0.569. The van der Waals surface area contributed by atoms with E-state index < -0.39 is 34.7 Å². The highest BCUT2D eigenvalue weighted by molar-refractivity contribution is 5.92. The number of amides is 2. The zero-order valence-electron chi connectivity index (χ0n) is 11.2. The van der Waals surface area contributed by atoms with Crippen LogP contribution in [0.3, 0.4) is 0 Å². The Kier molecular flexibility index (Phi) is 4.17. The van der Waals surface area contributed by atoms with Crippen molar-refractivity contribution < 1.29 is 23.5 Å². The molecule has 2 amide bonds. The summed E-state index contributed by atoms with van der Waals surface area (Å²) in [4.78, 5) is 27.8. The molecule has 0 bridgehead atoms. The van der Waals surface area contributed by atoms with E-state index in [1.54, 1.807) is 0 Å². The molecule has 2 rings (SSSR count). The number of hydrogen-bond donors (Lipinski definition) is 2. The lowest BCUT2D eigenvalue weighted by Crippen LogP contribution is -2.52. The number of β-amino-alcohol motifs (C(OH)–C–C–N with tert-alkyl or cyclic N) is 1. The molecule has 0 spiro atoms. The number of carbonyl (C=O) groups excluding carboxylic acids is 2. The average Bonchev–Trinajstić information content (AvgIpc) is 2.36. The Morgan fingerprint density at radius 2 is 2.19 bits per heavy atom. The molecule has 21 heavy (non-hydrogen) atoms. The zero-order valence-corrected chi connectivity index (χ0v) is 11.2. The van der Waals surface area contributed by atoms with Crippen LogP contribution >= 0.6 is 0 Å². The number of carbonyl (C=O) groups is 2. The summed E-state index contributed by atoms with van der Waals surface area (Å²) in [5.74, 6) is -3.38. The van der Waals surface area contributed by atoms with Gasteiger partial charge in [0.15, 0.2) is 11.5 Å². The van der Waals surface area contributed by atoms with Crippen molar-refractivity contribution in [3.63, 3.8) is 0 Å². The van der Waals surface area contributed by atoms with E-state index in [9.17, 15) is 23.5 Å². The highest BCUT2D eigenvalue weighted by atomic mass is 19.1. The fraction of sp³-hybridized carbons (Fsp3) is 0.462. The van der Waals surface area contributed by atoms with Gasteiger partial charge in [-0.3, -0.25) is 9.59 Å². The predicted molar refractivity (Wildman–Crippen MR) is 68.1 cm³/mol. The number of piperidine rings is 1. The third-order valence-electron chi connectivity index (χ3n) is 3.36. The van der Waals surface area contributed by atoms with Crippen LogP contribution in [-0.4, -0.2) is 45.5 Å². The van der Waals surface area contributed by atoms with E-state index in [1.165, 1.54) is 4.90 Å². The number of aromatic nitrogens is 1. The SMILES string of the molecule is NC(=O)CC1(O)CCCN(C(=O)c2ncc(F)cc2F)C1. The normalized spacial score (nSPS) is 22.1. The van der Waals surface area contributed by atoms with Gasteiger partial charge in [-0.1, -0.05) is 0 Å². The van der Waals surface area contributed by atoms with Crippen LogP contribution in [0.25, 0.3) is 0 Å². The van der Waals surface area contributed by atoms with E-state index in [4.69, 9.17) is 5.73 Å². The van der Waals surface area contributed by atoms with Crippen molar-refractivity contribution >= 4 is 11.8 Å². The molecule has 0 aromatic carbocycles. The molecule has 0 aliphatic carbocycles. The zero-order chi connectivity index (χ0) is 15.6. The highest BCUT2D eigenvalue weighted by Gasteiger charge is 2.37. The lowest BCUT2D eigenvalue weighted by atomic mass is 9.89. The fourth-order valence-electron chi connectivity index (χ4n) is 2.48. The predicted octanol–water partition coefficient (Wildman–Crippen LogP) is 0.202. The minimum atomic E-state index is -1.42. The largest absolute Gasteiger partial charge is 0.388 e. The van der Waals surface area contributed by atoms with Gasteiger partial charge in [-0.25, -0.2) is 13.8 Å². The number of primary amides is 1. The number of nitrogens with two attached hydrogens (primary N) is 1. The minimum absolute atomic E-state index is 0.146. The van der Waals surface area contributed by atoms with Crippen molar-refractivity contribution in [2.75, 3.05) is 13.1 Å².